The molecule has 3 heterocycles. The molecule has 6 nitrogen and oxygen atoms in total. The van der Waals surface area contributed by atoms with Gasteiger partial charge in [-0.05, 0) is 25.2 Å². The molecule has 1 aromatic heterocycles. The Kier molecular flexibility index (Phi) is 4.35. The molecule has 0 radical (unpaired) electrons. The second-order valence-corrected chi connectivity index (χ2v) is 7.69. The smallest absolute Gasteiger partial charge is 0.257 e. The van der Waals surface area contributed by atoms with E-state index in [-0.39, 0.29) is 17.6 Å². The summed E-state index contributed by atoms with van der Waals surface area (Å²) in [7, 11) is 1.82. The quantitative estimate of drug-likeness (QED) is 0.846. The molecular formula is C18H27N3O3. The van der Waals surface area contributed by atoms with Crippen molar-refractivity contribution < 1.29 is 14.3 Å². The standard InChI is InChI=1S/C18H27N3O3/c1-20-10-15(9-19-20)17(22)21-12-18(13-21)8-16(6-7-24-18)23-11-14-4-2-3-5-14/h9-10,14,16H,2-8,11-13H2,1H3/t16-/m0/s1. The Bertz CT molecular complexity index is 588. The summed E-state index contributed by atoms with van der Waals surface area (Å²) in [5.41, 5.74) is 0.466. The van der Waals surface area contributed by atoms with Gasteiger partial charge in [-0.15, -0.1) is 0 Å². The Balaban J connectivity index is 1.28. The second kappa shape index (κ2) is 6.48. The minimum Gasteiger partial charge on any atom is -0.378 e. The number of aromatic nitrogens is 2. The number of carbonyl (C=O) groups excluding carboxylic acids is 1. The van der Waals surface area contributed by atoms with Crippen LogP contribution >= 0.6 is 0 Å². The van der Waals surface area contributed by atoms with Crippen LogP contribution in [0.25, 0.3) is 0 Å². The maximum absolute atomic E-state index is 12.4. The van der Waals surface area contributed by atoms with E-state index in [2.05, 4.69) is 5.10 Å². The van der Waals surface area contributed by atoms with E-state index in [1.807, 2.05) is 11.9 Å². The van der Waals surface area contributed by atoms with Gasteiger partial charge in [0, 0.05) is 32.9 Å². The van der Waals surface area contributed by atoms with Gasteiger partial charge in [0.25, 0.3) is 5.91 Å². The first-order valence-electron chi connectivity index (χ1n) is 9.17. The molecular weight excluding hydrogens is 306 g/mol. The van der Waals surface area contributed by atoms with Crippen LogP contribution in [-0.2, 0) is 16.5 Å². The zero-order chi connectivity index (χ0) is 16.6. The number of amides is 1. The minimum atomic E-state index is -0.184. The van der Waals surface area contributed by atoms with E-state index < -0.39 is 0 Å². The number of ether oxygens (including phenoxy) is 2. The van der Waals surface area contributed by atoms with Gasteiger partial charge in [-0.1, -0.05) is 12.8 Å². The third-order valence-corrected chi connectivity index (χ3v) is 5.69. The summed E-state index contributed by atoms with van der Waals surface area (Å²) in [5.74, 6) is 0.806. The number of aryl methyl sites for hydroxylation is 1. The van der Waals surface area contributed by atoms with Gasteiger partial charge in [0.05, 0.1) is 31.0 Å². The highest BCUT2D eigenvalue weighted by Crippen LogP contribution is 2.36. The minimum absolute atomic E-state index is 0.0475. The molecule has 1 amide bonds. The van der Waals surface area contributed by atoms with E-state index in [1.54, 1.807) is 17.1 Å². The van der Waals surface area contributed by atoms with Gasteiger partial charge in [0.1, 0.15) is 5.60 Å². The summed E-state index contributed by atoms with van der Waals surface area (Å²) in [5, 5.41) is 4.07. The van der Waals surface area contributed by atoms with E-state index in [0.29, 0.717) is 18.7 Å². The first-order chi connectivity index (χ1) is 11.6. The fraction of sp³-hybridized carbons (Fsp3) is 0.778. The number of carbonyl (C=O) groups is 1. The summed E-state index contributed by atoms with van der Waals surface area (Å²) in [6, 6.07) is 0. The van der Waals surface area contributed by atoms with Gasteiger partial charge < -0.3 is 14.4 Å². The summed E-state index contributed by atoms with van der Waals surface area (Å²) >= 11 is 0. The molecule has 4 rings (SSSR count). The maximum atomic E-state index is 12.4. The molecule has 24 heavy (non-hydrogen) atoms. The van der Waals surface area contributed by atoms with Gasteiger partial charge in [-0.2, -0.15) is 5.10 Å². The van der Waals surface area contributed by atoms with E-state index in [1.165, 1.54) is 25.7 Å². The van der Waals surface area contributed by atoms with Crippen LogP contribution in [0.4, 0.5) is 0 Å². The zero-order valence-electron chi connectivity index (χ0n) is 14.4. The Labute approximate surface area is 143 Å². The Morgan fingerprint density at radius 2 is 2.17 bits per heavy atom. The highest BCUT2D eigenvalue weighted by molar-refractivity contribution is 5.94. The zero-order valence-corrected chi connectivity index (χ0v) is 14.4. The molecule has 1 atom stereocenters. The van der Waals surface area contributed by atoms with Crippen molar-refractivity contribution in [3.05, 3.63) is 18.0 Å². The lowest BCUT2D eigenvalue weighted by Crippen LogP contribution is -2.67. The molecule has 1 aromatic rings. The van der Waals surface area contributed by atoms with Crippen LogP contribution in [0.1, 0.15) is 48.9 Å². The highest BCUT2D eigenvalue weighted by Gasteiger charge is 2.49. The van der Waals surface area contributed by atoms with Crippen molar-refractivity contribution in [3.63, 3.8) is 0 Å². The molecule has 0 unspecified atom stereocenters. The van der Waals surface area contributed by atoms with Crippen LogP contribution < -0.4 is 0 Å². The molecule has 132 valence electrons. The Hall–Kier alpha value is -1.40. The lowest BCUT2D eigenvalue weighted by molar-refractivity contribution is -0.187. The normalized spacial score (nSPS) is 26.7. The van der Waals surface area contributed by atoms with Crippen molar-refractivity contribution in [1.29, 1.82) is 0 Å². The highest BCUT2D eigenvalue weighted by atomic mass is 16.5. The lowest BCUT2D eigenvalue weighted by Gasteiger charge is -2.53. The molecule has 0 bridgehead atoms. The summed E-state index contributed by atoms with van der Waals surface area (Å²) < 4.78 is 13.9. The van der Waals surface area contributed by atoms with Crippen LogP contribution in [0.2, 0.25) is 0 Å². The molecule has 3 fully saturated rings. The van der Waals surface area contributed by atoms with Crippen LogP contribution in [0, 0.1) is 5.92 Å². The van der Waals surface area contributed by atoms with Gasteiger partial charge in [-0.25, -0.2) is 0 Å². The van der Waals surface area contributed by atoms with E-state index in [9.17, 15) is 4.79 Å². The molecule has 0 aromatic carbocycles. The monoisotopic (exact) mass is 333 g/mol. The maximum Gasteiger partial charge on any atom is 0.257 e. The molecule has 0 N–H and O–H groups in total. The molecule has 3 aliphatic rings. The van der Waals surface area contributed by atoms with E-state index >= 15 is 0 Å². The summed E-state index contributed by atoms with van der Waals surface area (Å²) in [4.78, 5) is 14.3. The molecule has 2 saturated heterocycles. The second-order valence-electron chi connectivity index (χ2n) is 7.69. The van der Waals surface area contributed by atoms with Crippen LogP contribution in [0.3, 0.4) is 0 Å². The van der Waals surface area contributed by atoms with E-state index in [0.717, 1.165) is 32.0 Å². The summed E-state index contributed by atoms with van der Waals surface area (Å²) in [6.45, 7) is 2.98. The number of hydrogen-bond acceptors (Lipinski definition) is 4. The van der Waals surface area contributed by atoms with Crippen molar-refractivity contribution in [1.82, 2.24) is 14.7 Å². The van der Waals surface area contributed by atoms with Crippen molar-refractivity contribution in [2.75, 3.05) is 26.3 Å². The Morgan fingerprint density at radius 3 is 2.88 bits per heavy atom. The van der Waals surface area contributed by atoms with Crippen molar-refractivity contribution in [3.8, 4) is 0 Å². The topological polar surface area (TPSA) is 56.6 Å². The molecule has 6 heteroatoms. The number of likely N-dealkylation sites (tertiary alicyclic amines) is 1. The van der Waals surface area contributed by atoms with Crippen LogP contribution in [0.15, 0.2) is 12.4 Å². The van der Waals surface area contributed by atoms with Gasteiger partial charge in [0.2, 0.25) is 0 Å². The van der Waals surface area contributed by atoms with Gasteiger partial charge in [-0.3, -0.25) is 9.48 Å². The predicted octanol–water partition coefficient (Wildman–Crippen LogP) is 2.00. The molecule has 1 spiro atoms. The first kappa shape index (κ1) is 16.1. The average Bonchev–Trinajstić information content (AvgIpc) is 3.21. The third-order valence-electron chi connectivity index (χ3n) is 5.69. The first-order valence-corrected chi connectivity index (χ1v) is 9.17. The number of hydrogen-bond donors (Lipinski definition) is 0. The van der Waals surface area contributed by atoms with Crippen LogP contribution in [0.5, 0.6) is 0 Å². The van der Waals surface area contributed by atoms with E-state index in [4.69, 9.17) is 9.47 Å². The predicted molar refractivity (Wildman–Crippen MR) is 88.7 cm³/mol. The molecule has 1 saturated carbocycles. The number of rotatable bonds is 4. The van der Waals surface area contributed by atoms with Crippen molar-refractivity contribution >= 4 is 5.91 Å². The van der Waals surface area contributed by atoms with Gasteiger partial charge in [0.15, 0.2) is 0 Å². The fourth-order valence-corrected chi connectivity index (χ4v) is 4.30. The molecule has 1 aliphatic carbocycles. The largest absolute Gasteiger partial charge is 0.378 e. The van der Waals surface area contributed by atoms with Crippen molar-refractivity contribution in [2.45, 2.75) is 50.2 Å². The number of nitrogens with zero attached hydrogens (tertiary/aromatic N) is 3. The fourth-order valence-electron chi connectivity index (χ4n) is 4.30. The molecule has 2 aliphatic heterocycles. The third kappa shape index (κ3) is 3.22. The SMILES string of the molecule is Cn1cc(C(=O)N2CC3(C[C@@H](OCC4CCCC4)CCO3)C2)cn1. The van der Waals surface area contributed by atoms with Crippen molar-refractivity contribution in [2.24, 2.45) is 13.0 Å². The van der Waals surface area contributed by atoms with Crippen LogP contribution in [-0.4, -0.2) is 58.6 Å². The average molecular weight is 333 g/mol. The van der Waals surface area contributed by atoms with Gasteiger partial charge >= 0.3 is 0 Å². The Morgan fingerprint density at radius 1 is 1.38 bits per heavy atom. The summed E-state index contributed by atoms with van der Waals surface area (Å²) in [6.07, 6.45) is 10.9. The lowest BCUT2D eigenvalue weighted by atomic mass is 9.84.